The number of aromatic nitrogens is 1. The van der Waals surface area contributed by atoms with E-state index in [0.717, 1.165) is 50.9 Å². The molecule has 2 aromatic carbocycles. The molecule has 0 bridgehead atoms. The maximum atomic E-state index is 14.0. The minimum absolute atomic E-state index is 0.0429. The average molecular weight is 716 g/mol. The fraction of sp³-hybridized carbons (Fsp3) is 0.405. The number of primary amides is 1. The largest absolute Gasteiger partial charge is 0.372 e. The van der Waals surface area contributed by atoms with E-state index < -0.39 is 11.3 Å². The molecule has 2 saturated heterocycles. The van der Waals surface area contributed by atoms with Crippen molar-refractivity contribution in [3.63, 3.8) is 0 Å². The number of carbonyl (C=O) groups is 4. The van der Waals surface area contributed by atoms with E-state index in [1.54, 1.807) is 48.5 Å². The molecule has 0 saturated carbocycles. The first-order chi connectivity index (χ1) is 25.7. The van der Waals surface area contributed by atoms with Gasteiger partial charge in [-0.1, -0.05) is 42.5 Å². The number of nitrogens with zero attached hydrogens (tertiary/aromatic N) is 4. The topological polar surface area (TPSA) is 141 Å². The number of benzene rings is 2. The lowest BCUT2D eigenvalue weighted by Gasteiger charge is -2.36. The summed E-state index contributed by atoms with van der Waals surface area (Å²) < 4.78 is 0. The highest BCUT2D eigenvalue weighted by Gasteiger charge is 2.38. The van der Waals surface area contributed by atoms with Crippen LogP contribution in [0.5, 0.6) is 0 Å². The molecule has 2 aliphatic heterocycles. The van der Waals surface area contributed by atoms with Crippen LogP contribution in [0, 0.1) is 5.41 Å². The number of aryl methyl sites for hydroxylation is 1. The van der Waals surface area contributed by atoms with Crippen LogP contribution in [0.15, 0.2) is 84.6 Å². The molecule has 0 radical (unpaired) electrons. The van der Waals surface area contributed by atoms with Crippen LogP contribution in [0.1, 0.15) is 72.5 Å². The van der Waals surface area contributed by atoms with Gasteiger partial charge in [-0.15, -0.1) is 0 Å². The number of amides is 4. The predicted molar refractivity (Wildman–Crippen MR) is 206 cm³/mol. The van der Waals surface area contributed by atoms with Gasteiger partial charge in [0.2, 0.25) is 11.8 Å². The van der Waals surface area contributed by atoms with Gasteiger partial charge in [0.1, 0.15) is 0 Å². The van der Waals surface area contributed by atoms with E-state index >= 15 is 0 Å². The Balaban J connectivity index is 1.12. The number of hydrogen-bond acceptors (Lipinski definition) is 7. The van der Waals surface area contributed by atoms with Crippen molar-refractivity contribution in [2.75, 3.05) is 56.5 Å². The van der Waals surface area contributed by atoms with Gasteiger partial charge in [0.15, 0.2) is 0 Å². The van der Waals surface area contributed by atoms with Crippen LogP contribution in [0.25, 0.3) is 11.3 Å². The van der Waals surface area contributed by atoms with Gasteiger partial charge in [0, 0.05) is 68.4 Å². The van der Waals surface area contributed by atoms with Crippen LogP contribution in [-0.2, 0) is 20.8 Å². The van der Waals surface area contributed by atoms with E-state index in [0.29, 0.717) is 60.7 Å². The SMILES string of the molecule is CN1CCN(CCC2(C(N)=O)C=CC=C(C(=O)Nc3ccc(N4CCCCC4)cc3-c3cc(C(=O)NC4CCCc5ccccc54)ccn3)C2)CC1=O. The first-order valence-corrected chi connectivity index (χ1v) is 18.9. The molecule has 4 amide bonds. The second-order valence-electron chi connectivity index (χ2n) is 14.9. The molecule has 2 unspecified atom stereocenters. The first kappa shape index (κ1) is 36.1. The third-order valence-electron chi connectivity index (χ3n) is 11.4. The summed E-state index contributed by atoms with van der Waals surface area (Å²) in [6.07, 6.45) is 13.7. The first-order valence-electron chi connectivity index (χ1n) is 18.9. The molecule has 3 aromatic rings. The summed E-state index contributed by atoms with van der Waals surface area (Å²) in [7, 11) is 1.79. The zero-order valence-corrected chi connectivity index (χ0v) is 30.5. The summed E-state index contributed by atoms with van der Waals surface area (Å²) in [5, 5.41) is 6.37. The van der Waals surface area contributed by atoms with E-state index in [1.165, 1.54) is 17.5 Å². The molecule has 7 rings (SSSR count). The molecule has 4 N–H and O–H groups in total. The highest BCUT2D eigenvalue weighted by atomic mass is 16.2. The Kier molecular flexibility index (Phi) is 10.7. The van der Waals surface area contributed by atoms with E-state index in [9.17, 15) is 19.2 Å². The Morgan fingerprint density at radius 2 is 1.79 bits per heavy atom. The lowest BCUT2D eigenvalue weighted by Crippen LogP contribution is -2.50. The Morgan fingerprint density at radius 3 is 2.60 bits per heavy atom. The molecule has 53 heavy (non-hydrogen) atoms. The van der Waals surface area contributed by atoms with Crippen LogP contribution < -0.4 is 21.3 Å². The van der Waals surface area contributed by atoms with Crippen molar-refractivity contribution in [2.24, 2.45) is 11.1 Å². The number of allylic oxidation sites excluding steroid dienone is 2. The standard InChI is InChI=1S/C42H49N7O4/c1-47-23-24-48(28-38(47)50)22-18-42(41(43)53)17-8-11-31(27-42)40(52)46-36-15-14-32(49-20-5-2-6-21-49)26-34(36)37-25-30(16-19-44-37)39(51)45-35-13-7-10-29-9-3-4-12-33(29)35/h3-4,8-9,11-12,14-17,19,25-26,35H,2,5-7,10,13,18,20-24,27-28H2,1H3,(H2,43,53)(H,45,51)(H,46,52). The summed E-state index contributed by atoms with van der Waals surface area (Å²) >= 11 is 0. The van der Waals surface area contributed by atoms with Crippen LogP contribution in [0.4, 0.5) is 11.4 Å². The van der Waals surface area contributed by atoms with E-state index in [4.69, 9.17) is 10.7 Å². The molecule has 2 fully saturated rings. The zero-order chi connectivity index (χ0) is 37.0. The number of pyridine rings is 1. The van der Waals surface area contributed by atoms with Gasteiger partial charge in [0.05, 0.1) is 29.4 Å². The van der Waals surface area contributed by atoms with E-state index in [1.807, 2.05) is 35.2 Å². The maximum absolute atomic E-state index is 14.0. The van der Waals surface area contributed by atoms with Gasteiger partial charge in [-0.05, 0) is 92.8 Å². The average Bonchev–Trinajstić information content (AvgIpc) is 3.19. The highest BCUT2D eigenvalue weighted by Crippen LogP contribution is 2.38. The van der Waals surface area contributed by atoms with Crippen molar-refractivity contribution in [1.82, 2.24) is 20.1 Å². The smallest absolute Gasteiger partial charge is 0.251 e. The van der Waals surface area contributed by atoms with Crippen LogP contribution >= 0.6 is 0 Å². The van der Waals surface area contributed by atoms with Gasteiger partial charge in [-0.2, -0.15) is 0 Å². The number of nitrogens with two attached hydrogens (primary N) is 1. The van der Waals surface area contributed by atoms with E-state index in [-0.39, 0.29) is 30.2 Å². The highest BCUT2D eigenvalue weighted by molar-refractivity contribution is 6.07. The molecule has 11 nitrogen and oxygen atoms in total. The number of likely N-dealkylation sites (N-methyl/N-ethyl adjacent to an activating group) is 1. The van der Waals surface area contributed by atoms with Crippen molar-refractivity contribution in [3.05, 3.63) is 101 Å². The lowest BCUT2D eigenvalue weighted by atomic mass is 9.74. The van der Waals surface area contributed by atoms with Gasteiger partial charge in [-0.3, -0.25) is 29.1 Å². The quantitative estimate of drug-likeness (QED) is 0.268. The van der Waals surface area contributed by atoms with Gasteiger partial charge < -0.3 is 26.2 Å². The van der Waals surface area contributed by atoms with Gasteiger partial charge in [0.25, 0.3) is 11.8 Å². The normalized spacial score (nSPS) is 21.8. The van der Waals surface area contributed by atoms with Crippen molar-refractivity contribution in [1.29, 1.82) is 0 Å². The monoisotopic (exact) mass is 715 g/mol. The second kappa shape index (κ2) is 15.8. The fourth-order valence-corrected chi connectivity index (χ4v) is 8.05. The number of piperidine rings is 1. The molecular formula is C42H49N7O4. The summed E-state index contributed by atoms with van der Waals surface area (Å²) in [5.41, 5.74) is 11.2. The summed E-state index contributed by atoms with van der Waals surface area (Å²) in [4.78, 5) is 63.7. The number of piperazine rings is 1. The number of fused-ring (bicyclic) bond motifs is 1. The maximum Gasteiger partial charge on any atom is 0.251 e. The molecule has 2 atom stereocenters. The Labute approximate surface area is 311 Å². The summed E-state index contributed by atoms with van der Waals surface area (Å²) in [5.74, 6) is -0.973. The minimum atomic E-state index is -1.06. The Morgan fingerprint density at radius 1 is 0.962 bits per heavy atom. The molecule has 1 aromatic heterocycles. The van der Waals surface area contributed by atoms with Crippen LogP contribution in [0.2, 0.25) is 0 Å². The van der Waals surface area contributed by atoms with Crippen molar-refractivity contribution in [3.8, 4) is 11.3 Å². The Bertz CT molecular complexity index is 1950. The van der Waals surface area contributed by atoms with Crippen LogP contribution in [0.3, 0.4) is 0 Å². The number of hydrogen-bond donors (Lipinski definition) is 3. The molecule has 11 heteroatoms. The number of anilines is 2. The van der Waals surface area contributed by atoms with E-state index in [2.05, 4.69) is 27.7 Å². The predicted octanol–water partition coefficient (Wildman–Crippen LogP) is 5.01. The Hall–Kier alpha value is -5.29. The summed E-state index contributed by atoms with van der Waals surface area (Å²) in [6, 6.07) is 17.7. The third kappa shape index (κ3) is 8.05. The van der Waals surface area contributed by atoms with Crippen molar-refractivity contribution in [2.45, 2.75) is 57.4 Å². The second-order valence-corrected chi connectivity index (χ2v) is 14.9. The lowest BCUT2D eigenvalue weighted by molar-refractivity contribution is -0.134. The molecular weight excluding hydrogens is 667 g/mol. The summed E-state index contributed by atoms with van der Waals surface area (Å²) in [6.45, 7) is 4.03. The molecule has 3 heterocycles. The molecule has 0 spiro atoms. The van der Waals surface area contributed by atoms with Crippen LogP contribution in [-0.4, -0.2) is 84.7 Å². The molecule has 4 aliphatic rings. The third-order valence-corrected chi connectivity index (χ3v) is 11.4. The molecule has 276 valence electrons. The van der Waals surface area contributed by atoms with Crippen molar-refractivity contribution < 1.29 is 19.2 Å². The fourth-order valence-electron chi connectivity index (χ4n) is 8.05. The van der Waals surface area contributed by atoms with Gasteiger partial charge >= 0.3 is 0 Å². The molecule has 2 aliphatic carbocycles. The minimum Gasteiger partial charge on any atom is -0.372 e. The van der Waals surface area contributed by atoms with Gasteiger partial charge in [-0.25, -0.2) is 0 Å². The van der Waals surface area contributed by atoms with Crippen molar-refractivity contribution >= 4 is 35.0 Å². The number of rotatable bonds is 10. The zero-order valence-electron chi connectivity index (χ0n) is 30.5. The number of carbonyl (C=O) groups excluding carboxylic acids is 4. The number of nitrogens with one attached hydrogen (secondary N) is 2.